The van der Waals surface area contributed by atoms with Gasteiger partial charge < -0.3 is 29.7 Å². The molecular weight excluding hydrogens is 406 g/mol. The third-order valence-electron chi connectivity index (χ3n) is 7.39. The summed E-state index contributed by atoms with van der Waals surface area (Å²) in [5.74, 6) is 0.645. The summed E-state index contributed by atoms with van der Waals surface area (Å²) in [6.07, 6.45) is 5.38. The Balaban J connectivity index is 1.31. The molecule has 3 aliphatic heterocycles. The van der Waals surface area contributed by atoms with Gasteiger partial charge in [0.1, 0.15) is 5.60 Å². The zero-order chi connectivity index (χ0) is 22.7. The minimum atomic E-state index is -1.02. The Morgan fingerprint density at radius 3 is 2.62 bits per heavy atom. The van der Waals surface area contributed by atoms with Gasteiger partial charge in [0, 0.05) is 56.1 Å². The lowest BCUT2D eigenvalue weighted by Crippen LogP contribution is -2.48. The molecular formula is C25H39N3O4. The average Bonchev–Trinajstić information content (AvgIpc) is 3.30. The predicted octanol–water partition coefficient (Wildman–Crippen LogP) is 3.43. The molecule has 4 rings (SSSR count). The third-order valence-corrected chi connectivity index (χ3v) is 7.39. The second-order valence-corrected chi connectivity index (χ2v) is 9.97. The van der Waals surface area contributed by atoms with Gasteiger partial charge >= 0.3 is 6.09 Å². The maximum atomic E-state index is 12.3. The van der Waals surface area contributed by atoms with E-state index in [-0.39, 0.29) is 12.7 Å². The summed E-state index contributed by atoms with van der Waals surface area (Å²) in [6.45, 7) is 7.58. The lowest BCUT2D eigenvalue weighted by molar-refractivity contribution is -0.0203. The van der Waals surface area contributed by atoms with Crippen LogP contribution >= 0.6 is 0 Å². The molecule has 0 radical (unpaired) electrons. The summed E-state index contributed by atoms with van der Waals surface area (Å²) in [4.78, 5) is 16.9. The number of aliphatic hydroxyl groups is 1. The van der Waals surface area contributed by atoms with Crippen LogP contribution in [0.3, 0.4) is 0 Å². The van der Waals surface area contributed by atoms with E-state index in [4.69, 9.17) is 9.47 Å². The van der Waals surface area contributed by atoms with Crippen molar-refractivity contribution < 1.29 is 19.4 Å². The Labute approximate surface area is 192 Å². The molecule has 1 aromatic rings. The maximum Gasteiger partial charge on any atom is 0.410 e. The molecule has 5 atom stereocenters. The summed E-state index contributed by atoms with van der Waals surface area (Å²) in [6, 6.07) is 9.06. The lowest BCUT2D eigenvalue weighted by Gasteiger charge is -2.39. The van der Waals surface area contributed by atoms with Gasteiger partial charge in [-0.2, -0.15) is 0 Å². The molecule has 2 N–H and O–H groups in total. The highest BCUT2D eigenvalue weighted by Crippen LogP contribution is 2.39. The lowest BCUT2D eigenvalue weighted by atomic mass is 9.90. The summed E-state index contributed by atoms with van der Waals surface area (Å²) in [5, 5.41) is 14.5. The van der Waals surface area contributed by atoms with Gasteiger partial charge in [0.15, 0.2) is 0 Å². The van der Waals surface area contributed by atoms with E-state index in [0.717, 1.165) is 63.0 Å². The SMILES string of the molecule is CCOC(=O)N1[C@@H]2CC[C@H]1CC(CN1CC[C@H](Nc3ccccc3[C@](C)(O)COC)C1)C2. The highest BCUT2D eigenvalue weighted by molar-refractivity contribution is 5.69. The fourth-order valence-corrected chi connectivity index (χ4v) is 6.07. The minimum absolute atomic E-state index is 0.119. The van der Waals surface area contributed by atoms with Crippen LogP contribution in [0, 0.1) is 5.92 Å². The Morgan fingerprint density at radius 1 is 1.22 bits per heavy atom. The molecule has 1 unspecified atom stereocenters. The van der Waals surface area contributed by atoms with Crippen molar-refractivity contribution in [3.63, 3.8) is 0 Å². The fourth-order valence-electron chi connectivity index (χ4n) is 6.07. The van der Waals surface area contributed by atoms with Gasteiger partial charge in [-0.15, -0.1) is 0 Å². The first kappa shape index (κ1) is 23.3. The van der Waals surface area contributed by atoms with E-state index in [1.807, 2.05) is 36.1 Å². The molecule has 0 spiro atoms. The molecule has 178 valence electrons. The minimum Gasteiger partial charge on any atom is -0.450 e. The Morgan fingerprint density at radius 2 is 1.94 bits per heavy atom. The number of methoxy groups -OCH3 is 1. The van der Waals surface area contributed by atoms with Crippen LogP contribution < -0.4 is 5.32 Å². The van der Waals surface area contributed by atoms with Gasteiger partial charge in [-0.05, 0) is 57.9 Å². The highest BCUT2D eigenvalue weighted by atomic mass is 16.6. The van der Waals surface area contributed by atoms with Gasteiger partial charge in [0.2, 0.25) is 0 Å². The molecule has 7 nitrogen and oxygen atoms in total. The number of benzene rings is 1. The molecule has 3 fully saturated rings. The summed E-state index contributed by atoms with van der Waals surface area (Å²) in [7, 11) is 1.61. The Hall–Kier alpha value is -1.83. The first-order valence-electron chi connectivity index (χ1n) is 12.2. The fraction of sp³-hybridized carbons (Fsp3) is 0.720. The van der Waals surface area contributed by atoms with Crippen molar-refractivity contribution >= 4 is 11.8 Å². The number of carbonyl (C=O) groups is 1. The monoisotopic (exact) mass is 445 g/mol. The van der Waals surface area contributed by atoms with Crippen molar-refractivity contribution in [2.75, 3.05) is 45.3 Å². The van der Waals surface area contributed by atoms with Crippen LogP contribution in [0.4, 0.5) is 10.5 Å². The smallest absolute Gasteiger partial charge is 0.410 e. The number of hydrogen-bond donors (Lipinski definition) is 2. The van der Waals surface area contributed by atoms with Gasteiger partial charge in [-0.3, -0.25) is 0 Å². The molecule has 7 heteroatoms. The molecule has 0 aliphatic carbocycles. The molecule has 2 bridgehead atoms. The summed E-state index contributed by atoms with van der Waals surface area (Å²) < 4.78 is 10.5. The van der Waals surface area contributed by atoms with Crippen molar-refractivity contribution in [2.24, 2.45) is 5.92 Å². The number of ether oxygens (including phenoxy) is 2. The number of nitrogens with zero attached hydrogens (tertiary/aromatic N) is 2. The molecule has 1 aromatic carbocycles. The number of amides is 1. The van der Waals surface area contributed by atoms with Crippen molar-refractivity contribution in [2.45, 2.75) is 69.7 Å². The van der Waals surface area contributed by atoms with E-state index in [1.165, 1.54) is 0 Å². The maximum absolute atomic E-state index is 12.3. The van der Waals surface area contributed by atoms with Gasteiger partial charge in [0.25, 0.3) is 0 Å². The number of para-hydroxylation sites is 1. The zero-order valence-electron chi connectivity index (χ0n) is 19.8. The predicted molar refractivity (Wildman–Crippen MR) is 125 cm³/mol. The molecule has 0 aromatic heterocycles. The first-order valence-corrected chi connectivity index (χ1v) is 12.2. The number of likely N-dealkylation sites (tertiary alicyclic amines) is 1. The van der Waals surface area contributed by atoms with E-state index < -0.39 is 5.60 Å². The number of piperidine rings is 1. The quantitative estimate of drug-likeness (QED) is 0.639. The normalized spacial score (nSPS) is 29.7. The third kappa shape index (κ3) is 5.05. The summed E-state index contributed by atoms with van der Waals surface area (Å²) in [5.41, 5.74) is 0.841. The molecule has 3 saturated heterocycles. The Kier molecular flexibility index (Phi) is 7.27. The van der Waals surface area contributed by atoms with Crippen LogP contribution in [-0.4, -0.2) is 79.1 Å². The van der Waals surface area contributed by atoms with Crippen LogP contribution in [0.5, 0.6) is 0 Å². The first-order chi connectivity index (χ1) is 15.4. The highest BCUT2D eigenvalue weighted by Gasteiger charge is 2.44. The van der Waals surface area contributed by atoms with Gasteiger partial charge in [-0.25, -0.2) is 4.79 Å². The van der Waals surface area contributed by atoms with E-state index in [1.54, 1.807) is 14.0 Å². The second-order valence-electron chi connectivity index (χ2n) is 9.97. The van der Waals surface area contributed by atoms with Crippen LogP contribution in [0.1, 0.15) is 51.5 Å². The van der Waals surface area contributed by atoms with Gasteiger partial charge in [0.05, 0.1) is 13.2 Å². The number of anilines is 1. The van der Waals surface area contributed by atoms with Gasteiger partial charge in [-0.1, -0.05) is 18.2 Å². The zero-order valence-corrected chi connectivity index (χ0v) is 19.8. The number of nitrogens with one attached hydrogen (secondary N) is 1. The molecule has 32 heavy (non-hydrogen) atoms. The summed E-state index contributed by atoms with van der Waals surface area (Å²) >= 11 is 0. The van der Waals surface area contributed by atoms with E-state index >= 15 is 0 Å². The topological polar surface area (TPSA) is 74.3 Å². The number of carbonyl (C=O) groups excluding carboxylic acids is 1. The van der Waals surface area contributed by atoms with Crippen molar-refractivity contribution in [3.05, 3.63) is 29.8 Å². The van der Waals surface area contributed by atoms with Crippen LogP contribution in [0.15, 0.2) is 24.3 Å². The second kappa shape index (κ2) is 9.98. The van der Waals surface area contributed by atoms with Crippen molar-refractivity contribution in [1.82, 2.24) is 9.80 Å². The molecule has 0 saturated carbocycles. The standard InChI is InChI=1S/C25H39N3O4/c1-4-32-24(29)28-20-9-10-21(28)14-18(13-20)15-27-12-11-19(16-27)26-23-8-6-5-7-22(23)25(2,30)17-31-3/h5-8,18-21,26,30H,4,9-17H2,1-3H3/t18?,19-,20-,21+,25+/m0/s1. The average molecular weight is 446 g/mol. The van der Waals surface area contributed by atoms with Crippen LogP contribution in [0.25, 0.3) is 0 Å². The van der Waals surface area contributed by atoms with Crippen molar-refractivity contribution in [1.29, 1.82) is 0 Å². The van der Waals surface area contributed by atoms with Crippen LogP contribution in [-0.2, 0) is 15.1 Å². The van der Waals surface area contributed by atoms with Crippen LogP contribution in [0.2, 0.25) is 0 Å². The van der Waals surface area contributed by atoms with E-state index in [0.29, 0.717) is 30.7 Å². The largest absolute Gasteiger partial charge is 0.450 e. The number of rotatable bonds is 8. The molecule has 3 aliphatic rings. The number of fused-ring (bicyclic) bond motifs is 2. The van der Waals surface area contributed by atoms with E-state index in [9.17, 15) is 9.90 Å². The number of hydrogen-bond acceptors (Lipinski definition) is 6. The molecule has 3 heterocycles. The molecule has 1 amide bonds. The Bertz CT molecular complexity index is 772. The van der Waals surface area contributed by atoms with Crippen molar-refractivity contribution in [3.8, 4) is 0 Å². The van der Waals surface area contributed by atoms with E-state index in [2.05, 4.69) is 10.2 Å².